The van der Waals surface area contributed by atoms with Gasteiger partial charge in [0.1, 0.15) is 0 Å². The number of unbranched alkanes of at least 4 members (excludes halogenated alkanes) is 1. The van der Waals surface area contributed by atoms with Crippen LogP contribution in [0.4, 0.5) is 0 Å². The number of nitrogens with zero attached hydrogens (tertiary/aromatic N) is 2. The average Bonchev–Trinajstić information content (AvgIpc) is 3.10. The van der Waals surface area contributed by atoms with Gasteiger partial charge in [0, 0.05) is 24.9 Å². The van der Waals surface area contributed by atoms with Crippen molar-refractivity contribution in [3.05, 3.63) is 35.7 Å². The summed E-state index contributed by atoms with van der Waals surface area (Å²) in [5.41, 5.74) is 2.08. The van der Waals surface area contributed by atoms with Crippen LogP contribution < -0.4 is 5.32 Å². The zero-order valence-corrected chi connectivity index (χ0v) is 15.5. The Labute approximate surface area is 150 Å². The van der Waals surface area contributed by atoms with Crippen LogP contribution in [0.2, 0.25) is 0 Å². The molecule has 0 fully saturated rings. The highest BCUT2D eigenvalue weighted by Gasteiger charge is 2.12. The van der Waals surface area contributed by atoms with E-state index in [4.69, 9.17) is 4.42 Å². The lowest BCUT2D eigenvalue weighted by Crippen LogP contribution is -2.29. The molecule has 1 aromatic heterocycles. The first-order chi connectivity index (χ1) is 12.1. The number of benzene rings is 1. The van der Waals surface area contributed by atoms with E-state index < -0.39 is 0 Å². The first-order valence-electron chi connectivity index (χ1n) is 9.28. The van der Waals surface area contributed by atoms with Crippen molar-refractivity contribution in [2.75, 3.05) is 6.54 Å². The highest BCUT2D eigenvalue weighted by Crippen LogP contribution is 2.18. The van der Waals surface area contributed by atoms with Crippen molar-refractivity contribution in [2.24, 2.45) is 5.92 Å². The van der Waals surface area contributed by atoms with E-state index in [-0.39, 0.29) is 5.91 Å². The van der Waals surface area contributed by atoms with Gasteiger partial charge in [0.05, 0.1) is 0 Å². The highest BCUT2D eigenvalue weighted by molar-refractivity contribution is 5.76. The van der Waals surface area contributed by atoms with Gasteiger partial charge < -0.3 is 9.73 Å². The first kappa shape index (κ1) is 19.2. The molecule has 1 N–H and O–H groups in total. The molecule has 0 saturated carbocycles. The summed E-state index contributed by atoms with van der Waals surface area (Å²) in [6.07, 6.45) is 5.54. The van der Waals surface area contributed by atoms with Crippen LogP contribution in [-0.4, -0.2) is 22.6 Å². The third-order valence-corrected chi connectivity index (χ3v) is 4.46. The van der Waals surface area contributed by atoms with Crippen LogP contribution in [0.3, 0.4) is 0 Å². The van der Waals surface area contributed by atoms with Gasteiger partial charge in [-0.15, -0.1) is 10.2 Å². The Morgan fingerprint density at radius 1 is 1.20 bits per heavy atom. The van der Waals surface area contributed by atoms with Crippen molar-refractivity contribution in [1.82, 2.24) is 15.5 Å². The molecule has 0 saturated heterocycles. The monoisotopic (exact) mass is 343 g/mol. The van der Waals surface area contributed by atoms with E-state index in [2.05, 4.69) is 29.4 Å². The Kier molecular flexibility index (Phi) is 7.64. The summed E-state index contributed by atoms with van der Waals surface area (Å²) in [6, 6.07) is 7.94. The number of rotatable bonds is 10. The molecule has 25 heavy (non-hydrogen) atoms. The molecule has 136 valence electrons. The molecule has 5 heteroatoms. The Bertz CT molecular complexity index is 649. The topological polar surface area (TPSA) is 68.0 Å². The second kappa shape index (κ2) is 9.97. The summed E-state index contributed by atoms with van der Waals surface area (Å²) in [5, 5.41) is 11.1. The number of carbonyl (C=O) groups excluding carboxylic acids is 1. The molecule has 0 aliphatic heterocycles. The third kappa shape index (κ3) is 6.33. The number of amides is 1. The van der Waals surface area contributed by atoms with E-state index in [1.807, 2.05) is 31.2 Å². The molecule has 0 bridgehead atoms. The number of hydrogen-bond acceptors (Lipinski definition) is 4. The standard InChI is InChI=1S/C20H29N3O2/c1-4-6-7-16(5-2)14-21-18(24)12-13-19-22-23-20(25-19)17-10-8-15(3)9-11-17/h8-11,16H,4-7,12-14H2,1-3H3,(H,21,24). The normalized spacial score (nSPS) is 12.1. The van der Waals surface area contributed by atoms with Gasteiger partial charge in [-0.25, -0.2) is 0 Å². The maximum atomic E-state index is 12.0. The summed E-state index contributed by atoms with van der Waals surface area (Å²) in [7, 11) is 0. The number of aromatic nitrogens is 2. The summed E-state index contributed by atoms with van der Waals surface area (Å²) >= 11 is 0. The first-order valence-corrected chi connectivity index (χ1v) is 9.28. The second-order valence-corrected chi connectivity index (χ2v) is 6.59. The molecule has 0 aliphatic rings. The van der Waals surface area contributed by atoms with Crippen LogP contribution in [0.5, 0.6) is 0 Å². The van der Waals surface area contributed by atoms with E-state index in [0.717, 1.165) is 18.5 Å². The molecule has 1 heterocycles. The molecule has 2 aromatic rings. The summed E-state index contributed by atoms with van der Waals surface area (Å²) < 4.78 is 5.66. The van der Waals surface area contributed by atoms with Crippen molar-refractivity contribution >= 4 is 5.91 Å². The number of nitrogens with one attached hydrogen (secondary N) is 1. The molecular weight excluding hydrogens is 314 g/mol. The minimum absolute atomic E-state index is 0.0463. The highest BCUT2D eigenvalue weighted by atomic mass is 16.4. The fourth-order valence-electron chi connectivity index (χ4n) is 2.68. The SMILES string of the molecule is CCCCC(CC)CNC(=O)CCc1nnc(-c2ccc(C)cc2)o1. The van der Waals surface area contributed by atoms with Gasteiger partial charge in [0.25, 0.3) is 0 Å². The molecule has 0 spiro atoms. The molecule has 0 radical (unpaired) electrons. The average molecular weight is 343 g/mol. The Morgan fingerprint density at radius 3 is 2.64 bits per heavy atom. The van der Waals surface area contributed by atoms with E-state index >= 15 is 0 Å². The van der Waals surface area contributed by atoms with E-state index in [9.17, 15) is 4.79 Å². The number of hydrogen-bond donors (Lipinski definition) is 1. The largest absolute Gasteiger partial charge is 0.421 e. The predicted octanol–water partition coefficient (Wildman–Crippen LogP) is 4.31. The maximum absolute atomic E-state index is 12.0. The van der Waals surface area contributed by atoms with Crippen molar-refractivity contribution in [2.45, 2.75) is 59.3 Å². The van der Waals surface area contributed by atoms with E-state index in [1.54, 1.807) is 0 Å². The van der Waals surface area contributed by atoms with Crippen molar-refractivity contribution in [3.63, 3.8) is 0 Å². The number of carbonyl (C=O) groups is 1. The minimum Gasteiger partial charge on any atom is -0.421 e. The molecule has 5 nitrogen and oxygen atoms in total. The molecule has 1 aromatic carbocycles. The molecular formula is C20H29N3O2. The van der Waals surface area contributed by atoms with Crippen LogP contribution in [0, 0.1) is 12.8 Å². The fraction of sp³-hybridized carbons (Fsp3) is 0.550. The zero-order valence-electron chi connectivity index (χ0n) is 15.5. The van der Waals surface area contributed by atoms with Crippen LogP contribution in [-0.2, 0) is 11.2 Å². The Balaban J connectivity index is 1.77. The van der Waals surface area contributed by atoms with E-state index in [0.29, 0.717) is 30.5 Å². The van der Waals surface area contributed by atoms with Gasteiger partial charge in [-0.2, -0.15) is 0 Å². The number of aryl methyl sites for hydroxylation is 2. The predicted molar refractivity (Wildman–Crippen MR) is 99.1 cm³/mol. The Hall–Kier alpha value is -2.17. The molecule has 2 rings (SSSR count). The molecule has 1 amide bonds. The van der Waals surface area contributed by atoms with Gasteiger partial charge in [0.2, 0.25) is 17.7 Å². The lowest BCUT2D eigenvalue weighted by molar-refractivity contribution is -0.121. The van der Waals surface area contributed by atoms with Crippen molar-refractivity contribution in [3.8, 4) is 11.5 Å². The summed E-state index contributed by atoms with van der Waals surface area (Å²) in [6.45, 7) is 7.17. The van der Waals surface area contributed by atoms with Crippen LogP contribution in [0.1, 0.15) is 57.4 Å². The lowest BCUT2D eigenvalue weighted by atomic mass is 9.99. The fourth-order valence-corrected chi connectivity index (χ4v) is 2.68. The Morgan fingerprint density at radius 2 is 1.96 bits per heavy atom. The molecule has 0 aliphatic carbocycles. The quantitative estimate of drug-likeness (QED) is 0.698. The minimum atomic E-state index is 0.0463. The van der Waals surface area contributed by atoms with Gasteiger partial charge in [-0.1, -0.05) is 50.8 Å². The second-order valence-electron chi connectivity index (χ2n) is 6.59. The summed E-state index contributed by atoms with van der Waals surface area (Å²) in [4.78, 5) is 12.0. The lowest BCUT2D eigenvalue weighted by Gasteiger charge is -2.14. The van der Waals surface area contributed by atoms with E-state index in [1.165, 1.54) is 24.8 Å². The molecule has 1 unspecified atom stereocenters. The van der Waals surface area contributed by atoms with Gasteiger partial charge in [-0.05, 0) is 31.4 Å². The van der Waals surface area contributed by atoms with Crippen LogP contribution in [0.25, 0.3) is 11.5 Å². The van der Waals surface area contributed by atoms with Gasteiger partial charge in [0.15, 0.2) is 0 Å². The summed E-state index contributed by atoms with van der Waals surface area (Å²) in [5.74, 6) is 1.62. The smallest absolute Gasteiger partial charge is 0.247 e. The molecule has 1 atom stereocenters. The maximum Gasteiger partial charge on any atom is 0.247 e. The van der Waals surface area contributed by atoms with Crippen LogP contribution >= 0.6 is 0 Å². The zero-order chi connectivity index (χ0) is 18.1. The van der Waals surface area contributed by atoms with Crippen molar-refractivity contribution in [1.29, 1.82) is 0 Å². The van der Waals surface area contributed by atoms with Crippen molar-refractivity contribution < 1.29 is 9.21 Å². The van der Waals surface area contributed by atoms with Gasteiger partial charge in [-0.3, -0.25) is 4.79 Å². The third-order valence-electron chi connectivity index (χ3n) is 4.46. The van der Waals surface area contributed by atoms with Crippen LogP contribution in [0.15, 0.2) is 28.7 Å². The van der Waals surface area contributed by atoms with Gasteiger partial charge >= 0.3 is 0 Å².